The molecule has 3 aromatic rings. The molecule has 0 amide bonds. The molecular formula is C23H26ClNO2. The summed E-state index contributed by atoms with van der Waals surface area (Å²) in [5.41, 5.74) is 3.65. The maximum absolute atomic E-state index is 9.56. The first kappa shape index (κ1) is 20.8. The van der Waals surface area contributed by atoms with Gasteiger partial charge in [0, 0.05) is 12.5 Å². The molecule has 3 N–H and O–H groups in total. The Balaban J connectivity index is 0.00000261. The first-order valence-electron chi connectivity index (χ1n) is 9.05. The van der Waals surface area contributed by atoms with Gasteiger partial charge < -0.3 is 15.5 Å². The number of hydrogen-bond donors (Lipinski definition) is 3. The quantitative estimate of drug-likeness (QED) is 0.467. The van der Waals surface area contributed by atoms with Crippen molar-refractivity contribution < 1.29 is 10.2 Å². The predicted molar refractivity (Wildman–Crippen MR) is 113 cm³/mol. The third-order valence-corrected chi connectivity index (χ3v) is 4.61. The summed E-state index contributed by atoms with van der Waals surface area (Å²) in [6.07, 6.45) is 2.04. The second-order valence-corrected chi connectivity index (χ2v) is 6.54. The molecule has 0 heterocycles. The maximum Gasteiger partial charge on any atom is 0.115 e. The van der Waals surface area contributed by atoms with Crippen molar-refractivity contribution in [3.8, 4) is 11.5 Å². The van der Waals surface area contributed by atoms with E-state index < -0.39 is 0 Å². The number of phenolic OH excluding ortho intramolecular Hbond substituents is 2. The number of benzene rings is 3. The van der Waals surface area contributed by atoms with E-state index in [-0.39, 0.29) is 29.8 Å². The summed E-state index contributed by atoms with van der Waals surface area (Å²) < 4.78 is 0. The highest BCUT2D eigenvalue weighted by Gasteiger charge is 2.14. The second-order valence-electron chi connectivity index (χ2n) is 6.54. The molecule has 0 saturated carbocycles. The van der Waals surface area contributed by atoms with Crippen LogP contribution in [0, 0.1) is 0 Å². The topological polar surface area (TPSA) is 52.5 Å². The summed E-state index contributed by atoms with van der Waals surface area (Å²) in [5.74, 6) is 0.806. The molecule has 0 bridgehead atoms. The van der Waals surface area contributed by atoms with Crippen LogP contribution in [0.15, 0.2) is 78.9 Å². The van der Waals surface area contributed by atoms with E-state index in [9.17, 15) is 10.2 Å². The molecule has 0 radical (unpaired) electrons. The molecule has 0 unspecified atom stereocenters. The Kier molecular flexibility index (Phi) is 8.18. The van der Waals surface area contributed by atoms with Gasteiger partial charge in [-0.05, 0) is 60.3 Å². The number of aromatic hydroxyl groups is 2. The van der Waals surface area contributed by atoms with Crippen LogP contribution in [0.3, 0.4) is 0 Å². The van der Waals surface area contributed by atoms with Crippen molar-refractivity contribution in [2.45, 2.75) is 25.3 Å². The maximum atomic E-state index is 9.56. The number of hydrogen-bond acceptors (Lipinski definition) is 3. The zero-order valence-corrected chi connectivity index (χ0v) is 16.0. The monoisotopic (exact) mass is 383 g/mol. The Morgan fingerprint density at radius 2 is 1.22 bits per heavy atom. The van der Waals surface area contributed by atoms with Crippen LogP contribution in [0.1, 0.15) is 35.4 Å². The molecule has 0 fully saturated rings. The summed E-state index contributed by atoms with van der Waals surface area (Å²) >= 11 is 0. The second kappa shape index (κ2) is 10.6. The van der Waals surface area contributed by atoms with Crippen LogP contribution in [-0.2, 0) is 6.54 Å². The zero-order valence-electron chi connectivity index (χ0n) is 15.2. The fourth-order valence-electron chi connectivity index (χ4n) is 3.20. The van der Waals surface area contributed by atoms with E-state index in [0.29, 0.717) is 0 Å². The number of halogens is 1. The number of nitrogens with one attached hydrogen (secondary N) is 1. The van der Waals surface area contributed by atoms with E-state index >= 15 is 0 Å². The number of rotatable bonds is 8. The van der Waals surface area contributed by atoms with Crippen molar-refractivity contribution in [3.05, 3.63) is 95.6 Å². The average molecular weight is 384 g/mol. The molecular weight excluding hydrogens is 358 g/mol. The van der Waals surface area contributed by atoms with Crippen LogP contribution in [-0.4, -0.2) is 16.8 Å². The van der Waals surface area contributed by atoms with E-state index in [0.717, 1.165) is 25.9 Å². The summed E-state index contributed by atoms with van der Waals surface area (Å²) in [5, 5.41) is 22.6. The first-order valence-corrected chi connectivity index (χ1v) is 9.05. The third-order valence-electron chi connectivity index (χ3n) is 4.61. The summed E-state index contributed by atoms with van der Waals surface area (Å²) in [4.78, 5) is 0. The van der Waals surface area contributed by atoms with Gasteiger partial charge in [-0.25, -0.2) is 0 Å². The molecule has 3 rings (SSSR count). The third kappa shape index (κ3) is 6.31. The Labute approximate surface area is 167 Å². The van der Waals surface area contributed by atoms with Crippen molar-refractivity contribution >= 4 is 12.4 Å². The molecule has 3 nitrogen and oxygen atoms in total. The van der Waals surface area contributed by atoms with Gasteiger partial charge in [0.25, 0.3) is 0 Å². The summed E-state index contributed by atoms with van der Waals surface area (Å²) in [7, 11) is 0. The van der Waals surface area contributed by atoms with Gasteiger partial charge in [-0.3, -0.25) is 0 Å². The highest BCUT2D eigenvalue weighted by atomic mass is 35.5. The Hall–Kier alpha value is -2.49. The van der Waals surface area contributed by atoms with Crippen molar-refractivity contribution in [1.29, 1.82) is 0 Å². The minimum absolute atomic E-state index is 0. The lowest BCUT2D eigenvalue weighted by Gasteiger charge is -2.18. The predicted octanol–water partition coefficient (Wildman–Crippen LogP) is 5.22. The van der Waals surface area contributed by atoms with Gasteiger partial charge in [-0.1, -0.05) is 54.6 Å². The highest BCUT2D eigenvalue weighted by Crippen LogP contribution is 2.31. The molecule has 3 aromatic carbocycles. The minimum atomic E-state index is 0. The molecule has 0 aliphatic carbocycles. The SMILES string of the molecule is Cl.Oc1ccc(C(CCCNCc2ccccc2)c2ccc(O)cc2)cc1. The van der Waals surface area contributed by atoms with E-state index in [2.05, 4.69) is 29.6 Å². The van der Waals surface area contributed by atoms with Crippen LogP contribution in [0.2, 0.25) is 0 Å². The standard InChI is InChI=1S/C23H25NO2.ClH/c25-21-12-8-19(9-13-21)23(20-10-14-22(26)15-11-20)7-4-16-24-17-18-5-2-1-3-6-18;/h1-3,5-6,8-15,23-26H,4,7,16-17H2;1H. The lowest BCUT2D eigenvalue weighted by molar-refractivity contribution is 0.474. The molecule has 0 atom stereocenters. The Morgan fingerprint density at radius 1 is 0.704 bits per heavy atom. The van der Waals surface area contributed by atoms with E-state index in [1.54, 1.807) is 24.3 Å². The average Bonchev–Trinajstić information content (AvgIpc) is 2.67. The molecule has 0 aliphatic heterocycles. The van der Waals surface area contributed by atoms with Gasteiger partial charge in [0.15, 0.2) is 0 Å². The van der Waals surface area contributed by atoms with Crippen molar-refractivity contribution in [2.24, 2.45) is 0 Å². The summed E-state index contributed by atoms with van der Waals surface area (Å²) in [6.45, 7) is 1.82. The van der Waals surface area contributed by atoms with Gasteiger partial charge in [0.05, 0.1) is 0 Å². The Morgan fingerprint density at radius 3 is 1.74 bits per heavy atom. The van der Waals surface area contributed by atoms with Crippen LogP contribution in [0.5, 0.6) is 11.5 Å². The molecule has 142 valence electrons. The largest absolute Gasteiger partial charge is 0.508 e. The first-order chi connectivity index (χ1) is 12.7. The normalized spacial score (nSPS) is 10.6. The zero-order chi connectivity index (χ0) is 18.2. The smallest absolute Gasteiger partial charge is 0.115 e. The molecule has 0 aliphatic rings. The highest BCUT2D eigenvalue weighted by molar-refractivity contribution is 5.85. The molecule has 0 saturated heterocycles. The molecule has 4 heteroatoms. The fourth-order valence-corrected chi connectivity index (χ4v) is 3.20. The van der Waals surface area contributed by atoms with Crippen molar-refractivity contribution in [1.82, 2.24) is 5.32 Å². The lowest BCUT2D eigenvalue weighted by atomic mass is 9.87. The fraction of sp³-hybridized carbons (Fsp3) is 0.217. The summed E-state index contributed by atoms with van der Waals surface area (Å²) in [6, 6.07) is 25.2. The minimum Gasteiger partial charge on any atom is -0.508 e. The van der Waals surface area contributed by atoms with Crippen molar-refractivity contribution in [3.63, 3.8) is 0 Å². The molecule has 0 spiro atoms. The van der Waals surface area contributed by atoms with Gasteiger partial charge in [-0.15, -0.1) is 12.4 Å². The molecule has 0 aromatic heterocycles. The van der Waals surface area contributed by atoms with E-state index in [1.807, 2.05) is 30.3 Å². The van der Waals surface area contributed by atoms with Crippen LogP contribution in [0.4, 0.5) is 0 Å². The van der Waals surface area contributed by atoms with E-state index in [1.165, 1.54) is 16.7 Å². The lowest BCUT2D eigenvalue weighted by Crippen LogP contribution is -2.15. The van der Waals surface area contributed by atoms with Gasteiger partial charge >= 0.3 is 0 Å². The van der Waals surface area contributed by atoms with E-state index in [4.69, 9.17) is 0 Å². The van der Waals surface area contributed by atoms with Gasteiger partial charge in [0.2, 0.25) is 0 Å². The van der Waals surface area contributed by atoms with Gasteiger partial charge in [0.1, 0.15) is 11.5 Å². The number of phenols is 2. The van der Waals surface area contributed by atoms with Gasteiger partial charge in [-0.2, -0.15) is 0 Å². The van der Waals surface area contributed by atoms with Crippen molar-refractivity contribution in [2.75, 3.05) is 6.54 Å². The van der Waals surface area contributed by atoms with Crippen LogP contribution in [0.25, 0.3) is 0 Å². The molecule has 27 heavy (non-hydrogen) atoms. The Bertz CT molecular complexity index is 743. The van der Waals surface area contributed by atoms with Crippen LogP contribution < -0.4 is 5.32 Å². The van der Waals surface area contributed by atoms with Crippen LogP contribution >= 0.6 is 12.4 Å².